The number of hydrogen-bond donors (Lipinski definition) is 0. The first-order valence-corrected chi connectivity index (χ1v) is 20.8. The van der Waals surface area contributed by atoms with Gasteiger partial charge in [0.05, 0.1) is 0 Å². The molecule has 0 atom stereocenters. The van der Waals surface area contributed by atoms with Gasteiger partial charge in [0.2, 0.25) is 0 Å². The summed E-state index contributed by atoms with van der Waals surface area (Å²) >= 11 is 0. The molecule has 0 aromatic carbocycles. The number of rotatable bonds is 23. The largest absolute Gasteiger partial charge is 0.507 e. The molecule has 0 aliphatic carbocycles. The quantitative estimate of drug-likeness (QED) is 0.0936. The van der Waals surface area contributed by atoms with E-state index in [0.29, 0.717) is 12.8 Å². The molecule has 0 spiro atoms. The van der Waals surface area contributed by atoms with Crippen molar-refractivity contribution in [2.24, 2.45) is 0 Å². The summed E-state index contributed by atoms with van der Waals surface area (Å²) in [5, 5.41) is -0.617. The van der Waals surface area contributed by atoms with Crippen LogP contribution in [0.3, 0.4) is 0 Å². The lowest BCUT2D eigenvalue weighted by atomic mass is 10.6. The second-order valence-electron chi connectivity index (χ2n) is 7.19. The van der Waals surface area contributed by atoms with E-state index in [1.165, 1.54) is 0 Å². The highest BCUT2D eigenvalue weighted by molar-refractivity contribution is 8.76. The topological polar surface area (TPSA) is 111 Å². The van der Waals surface area contributed by atoms with Crippen molar-refractivity contribution >= 4 is 56.8 Å². The second kappa shape index (κ2) is 18.4. The molecule has 0 bridgehead atoms. The van der Waals surface area contributed by atoms with Crippen molar-refractivity contribution in [3.8, 4) is 0 Å². The molecule has 0 saturated heterocycles. The van der Waals surface area contributed by atoms with Crippen molar-refractivity contribution < 1.29 is 53.1 Å². The maximum Gasteiger partial charge on any atom is 0.507 e. The highest BCUT2D eigenvalue weighted by Crippen LogP contribution is 2.42. The Morgan fingerprint density at radius 2 is 0.528 bits per heavy atom. The van der Waals surface area contributed by atoms with E-state index in [2.05, 4.69) is 0 Å². The van der Waals surface area contributed by atoms with Gasteiger partial charge in [-0.3, -0.25) is 0 Å². The van der Waals surface area contributed by atoms with Gasteiger partial charge in [0, 0.05) is 96.8 Å². The average Bonchev–Trinajstić information content (AvgIpc) is 2.94. The van der Waals surface area contributed by atoms with Gasteiger partial charge in [0.1, 0.15) is 10.3 Å². The molecule has 0 aliphatic rings. The molecule has 18 heteroatoms. The van der Waals surface area contributed by atoms with Gasteiger partial charge in [0.25, 0.3) is 0 Å². The standard InChI is InChI=1S/C18H46O12S2Si4/c1-19-33(20-2,21-3)17(34(22-4,23-5)24-6)13-15-31-32-16-14-18(35(25-7,26-8)27-9)36(28-10,29-11)30-12/h17-18H,13-16H2,1-12H3. The van der Waals surface area contributed by atoms with Crippen molar-refractivity contribution in [1.82, 2.24) is 0 Å². The van der Waals surface area contributed by atoms with Crippen molar-refractivity contribution in [2.75, 3.05) is 96.8 Å². The Hall–Kier alpha value is 1.09. The van der Waals surface area contributed by atoms with Gasteiger partial charge in [-0.2, -0.15) is 0 Å². The fourth-order valence-electron chi connectivity index (χ4n) is 4.30. The smallest absolute Gasteiger partial charge is 0.377 e. The molecular weight excluding hydrogens is 585 g/mol. The van der Waals surface area contributed by atoms with Gasteiger partial charge in [-0.05, 0) is 12.8 Å². The van der Waals surface area contributed by atoms with E-state index < -0.39 is 35.2 Å². The van der Waals surface area contributed by atoms with Crippen LogP contribution < -0.4 is 0 Å². The third-order valence-electron chi connectivity index (χ3n) is 6.18. The van der Waals surface area contributed by atoms with Crippen molar-refractivity contribution in [3.63, 3.8) is 0 Å². The third kappa shape index (κ3) is 8.30. The van der Waals surface area contributed by atoms with Crippen LogP contribution in [0, 0.1) is 0 Å². The monoisotopic (exact) mass is 630 g/mol. The summed E-state index contributed by atoms with van der Waals surface area (Å²) in [5.41, 5.74) is 0. The zero-order valence-electron chi connectivity index (χ0n) is 23.7. The number of hydrogen-bond acceptors (Lipinski definition) is 14. The molecule has 0 N–H and O–H groups in total. The second-order valence-corrected chi connectivity index (χ2v) is 23.6. The minimum atomic E-state index is -3.13. The summed E-state index contributed by atoms with van der Waals surface area (Å²) < 4.78 is 69.2. The molecule has 0 unspecified atom stereocenters. The van der Waals surface area contributed by atoms with Crippen LogP contribution in [0.4, 0.5) is 0 Å². The lowest BCUT2D eigenvalue weighted by Crippen LogP contribution is -2.62. The maximum absolute atomic E-state index is 5.77. The zero-order valence-corrected chi connectivity index (χ0v) is 29.3. The van der Waals surface area contributed by atoms with E-state index in [9.17, 15) is 0 Å². The lowest BCUT2D eigenvalue weighted by Gasteiger charge is -2.40. The molecule has 0 radical (unpaired) electrons. The summed E-state index contributed by atoms with van der Waals surface area (Å²) in [7, 11) is 9.73. The van der Waals surface area contributed by atoms with Gasteiger partial charge < -0.3 is 53.1 Å². The average molecular weight is 631 g/mol. The van der Waals surface area contributed by atoms with E-state index in [1.54, 1.807) is 107 Å². The Bertz CT molecular complexity index is 449. The Labute approximate surface area is 229 Å². The van der Waals surface area contributed by atoms with E-state index in [4.69, 9.17) is 53.1 Å². The van der Waals surface area contributed by atoms with Crippen LogP contribution in [0.15, 0.2) is 0 Å². The van der Waals surface area contributed by atoms with Gasteiger partial charge >= 0.3 is 35.2 Å². The molecule has 0 aromatic heterocycles. The Balaban J connectivity index is 5.50. The van der Waals surface area contributed by atoms with E-state index in [1.807, 2.05) is 0 Å². The molecule has 0 aliphatic heterocycles. The van der Waals surface area contributed by atoms with Crippen LogP contribution in [0.5, 0.6) is 0 Å². The Morgan fingerprint density at radius 1 is 0.361 bits per heavy atom. The molecule has 218 valence electrons. The zero-order chi connectivity index (χ0) is 27.9. The van der Waals surface area contributed by atoms with Crippen LogP contribution in [-0.4, -0.2) is 132 Å². The van der Waals surface area contributed by atoms with Crippen molar-refractivity contribution in [3.05, 3.63) is 0 Å². The first-order valence-electron chi connectivity index (χ1n) is 11.1. The molecule has 12 nitrogen and oxygen atoms in total. The van der Waals surface area contributed by atoms with E-state index in [0.717, 1.165) is 11.5 Å². The highest BCUT2D eigenvalue weighted by Gasteiger charge is 2.64. The third-order valence-corrected chi connectivity index (χ3v) is 24.3. The lowest BCUT2D eigenvalue weighted by molar-refractivity contribution is 0.0783. The van der Waals surface area contributed by atoms with Crippen LogP contribution in [0.25, 0.3) is 0 Å². The minimum Gasteiger partial charge on any atom is -0.377 e. The maximum atomic E-state index is 5.77. The molecular formula is C18H46O12S2Si4. The molecule has 0 heterocycles. The first-order chi connectivity index (χ1) is 17.2. The fraction of sp³-hybridized carbons (Fsp3) is 1.00. The summed E-state index contributed by atoms with van der Waals surface area (Å²) in [4.78, 5) is 0. The van der Waals surface area contributed by atoms with Crippen molar-refractivity contribution in [2.45, 2.75) is 23.2 Å². The summed E-state index contributed by atoms with van der Waals surface area (Å²) in [6.45, 7) is 0. The summed E-state index contributed by atoms with van der Waals surface area (Å²) in [6.07, 6.45) is 1.29. The fourth-order valence-corrected chi connectivity index (χ4v) is 22.4. The molecule has 0 rings (SSSR count). The molecule has 0 fully saturated rings. The predicted molar refractivity (Wildman–Crippen MR) is 149 cm³/mol. The SMILES string of the molecule is CO[Si](OC)(OC)C(CCSSCCC([Si](OC)(OC)OC)[Si](OC)(OC)OC)[Si](OC)(OC)OC. The van der Waals surface area contributed by atoms with Gasteiger partial charge in [-0.1, -0.05) is 21.6 Å². The molecule has 0 amide bonds. The summed E-state index contributed by atoms with van der Waals surface area (Å²) in [5.74, 6) is 1.50. The molecule has 36 heavy (non-hydrogen) atoms. The predicted octanol–water partition coefficient (Wildman–Crippen LogP) is 2.48. The van der Waals surface area contributed by atoms with Crippen LogP contribution >= 0.6 is 21.6 Å². The summed E-state index contributed by atoms with van der Waals surface area (Å²) in [6, 6.07) is 0. The molecule has 0 aromatic rings. The van der Waals surface area contributed by atoms with Gasteiger partial charge in [-0.25, -0.2) is 0 Å². The van der Waals surface area contributed by atoms with Crippen LogP contribution in [-0.2, 0) is 53.1 Å². The van der Waals surface area contributed by atoms with Gasteiger partial charge in [-0.15, -0.1) is 0 Å². The van der Waals surface area contributed by atoms with E-state index in [-0.39, 0.29) is 10.3 Å². The Kier molecular flexibility index (Phi) is 19.0. The molecule has 0 saturated carbocycles. The normalized spacial score (nSPS) is 13.8. The van der Waals surface area contributed by atoms with Crippen LogP contribution in [0.1, 0.15) is 12.8 Å². The Morgan fingerprint density at radius 3 is 0.667 bits per heavy atom. The van der Waals surface area contributed by atoms with E-state index >= 15 is 0 Å². The highest BCUT2D eigenvalue weighted by atomic mass is 33.1. The van der Waals surface area contributed by atoms with Crippen LogP contribution in [0.2, 0.25) is 10.3 Å². The van der Waals surface area contributed by atoms with Gasteiger partial charge in [0.15, 0.2) is 0 Å². The first kappa shape index (κ1) is 37.1. The van der Waals surface area contributed by atoms with Crippen molar-refractivity contribution in [1.29, 1.82) is 0 Å². The minimum absolute atomic E-state index is 0.308.